The molecule has 1 amide bonds. The first-order valence-corrected chi connectivity index (χ1v) is 7.06. The van der Waals surface area contributed by atoms with Crippen LogP contribution in [-0.4, -0.2) is 23.9 Å². The van der Waals surface area contributed by atoms with Crippen molar-refractivity contribution in [2.24, 2.45) is 23.2 Å². The van der Waals surface area contributed by atoms with Crippen LogP contribution in [-0.2, 0) is 4.79 Å². The van der Waals surface area contributed by atoms with Gasteiger partial charge in [-0.15, -0.1) is 0 Å². The summed E-state index contributed by atoms with van der Waals surface area (Å²) in [6.07, 6.45) is 9.43. The van der Waals surface area contributed by atoms with Crippen LogP contribution in [0.25, 0.3) is 0 Å². The van der Waals surface area contributed by atoms with Gasteiger partial charge in [0.1, 0.15) is 0 Å². The van der Waals surface area contributed by atoms with Gasteiger partial charge in [-0.05, 0) is 55.8 Å². The van der Waals surface area contributed by atoms with Crippen molar-refractivity contribution < 1.29 is 4.79 Å². The quantitative estimate of drug-likeness (QED) is 0.663. The molecular formula is C14H21NO. The number of rotatable bonds is 1. The Balaban J connectivity index is 1.44. The zero-order chi connectivity index (χ0) is 10.8. The molecule has 2 bridgehead atoms. The van der Waals surface area contributed by atoms with Gasteiger partial charge in [0, 0.05) is 19.0 Å². The van der Waals surface area contributed by atoms with Gasteiger partial charge < -0.3 is 4.90 Å². The van der Waals surface area contributed by atoms with Crippen molar-refractivity contribution in [3.8, 4) is 0 Å². The molecule has 1 saturated heterocycles. The topological polar surface area (TPSA) is 20.3 Å². The second kappa shape index (κ2) is 3.02. The largest absolute Gasteiger partial charge is 0.342 e. The summed E-state index contributed by atoms with van der Waals surface area (Å²) in [5, 5.41) is 0. The van der Waals surface area contributed by atoms with Gasteiger partial charge in [0.15, 0.2) is 0 Å². The molecule has 1 spiro atoms. The lowest BCUT2D eigenvalue weighted by molar-refractivity contribution is -0.136. The van der Waals surface area contributed by atoms with Crippen molar-refractivity contribution in [1.82, 2.24) is 4.90 Å². The average Bonchev–Trinajstić information content (AvgIpc) is 2.93. The molecule has 4 fully saturated rings. The summed E-state index contributed by atoms with van der Waals surface area (Å²) in [4.78, 5) is 14.6. The van der Waals surface area contributed by atoms with Crippen LogP contribution in [0.15, 0.2) is 0 Å². The van der Waals surface area contributed by atoms with E-state index in [1.807, 2.05) is 0 Å². The number of nitrogens with zero attached hydrogens (tertiary/aromatic N) is 1. The minimum atomic E-state index is 0.443. The fourth-order valence-corrected chi connectivity index (χ4v) is 4.49. The third kappa shape index (κ3) is 1.22. The molecule has 88 valence electrons. The van der Waals surface area contributed by atoms with E-state index in [0.717, 1.165) is 24.9 Å². The van der Waals surface area contributed by atoms with Crippen molar-refractivity contribution >= 4 is 5.91 Å². The monoisotopic (exact) mass is 219 g/mol. The third-order valence-corrected chi connectivity index (χ3v) is 5.76. The predicted molar refractivity (Wildman–Crippen MR) is 61.8 cm³/mol. The van der Waals surface area contributed by atoms with Crippen molar-refractivity contribution in [1.29, 1.82) is 0 Å². The third-order valence-electron chi connectivity index (χ3n) is 5.76. The maximum Gasteiger partial charge on any atom is 0.226 e. The number of piperidine rings is 1. The second-order valence-electron chi connectivity index (χ2n) is 6.76. The van der Waals surface area contributed by atoms with E-state index in [2.05, 4.69) is 4.90 Å². The summed E-state index contributed by atoms with van der Waals surface area (Å²) in [5.41, 5.74) is 0.521. The molecule has 0 aromatic carbocycles. The minimum Gasteiger partial charge on any atom is -0.342 e. The lowest BCUT2D eigenvalue weighted by atomic mass is 9.79. The molecule has 0 aromatic rings. The Kier molecular flexibility index (Phi) is 1.79. The average molecular weight is 219 g/mol. The summed E-state index contributed by atoms with van der Waals surface area (Å²) in [6, 6.07) is 0. The first-order chi connectivity index (χ1) is 7.77. The fourth-order valence-electron chi connectivity index (χ4n) is 4.49. The molecule has 16 heavy (non-hydrogen) atoms. The van der Waals surface area contributed by atoms with Crippen LogP contribution >= 0.6 is 0 Å². The van der Waals surface area contributed by atoms with E-state index in [4.69, 9.17) is 0 Å². The highest BCUT2D eigenvalue weighted by Crippen LogP contribution is 2.66. The van der Waals surface area contributed by atoms with Crippen LogP contribution < -0.4 is 0 Å². The minimum absolute atomic E-state index is 0.443. The summed E-state index contributed by atoms with van der Waals surface area (Å²) in [6.45, 7) is 2.17. The Hall–Kier alpha value is -0.530. The molecular weight excluding hydrogens is 198 g/mol. The van der Waals surface area contributed by atoms with E-state index >= 15 is 0 Å². The number of carbonyl (C=O) groups is 1. The molecule has 3 aliphatic carbocycles. The molecule has 2 heteroatoms. The normalized spacial score (nSPS) is 43.2. The molecule has 0 N–H and O–H groups in total. The molecule has 0 radical (unpaired) electrons. The first-order valence-electron chi connectivity index (χ1n) is 7.06. The van der Waals surface area contributed by atoms with Gasteiger partial charge in [0.2, 0.25) is 5.91 Å². The van der Waals surface area contributed by atoms with Crippen LogP contribution in [0, 0.1) is 23.2 Å². The van der Waals surface area contributed by atoms with Crippen molar-refractivity contribution in [3.63, 3.8) is 0 Å². The van der Waals surface area contributed by atoms with Gasteiger partial charge in [-0.1, -0.05) is 6.42 Å². The van der Waals surface area contributed by atoms with E-state index in [1.165, 1.54) is 44.9 Å². The van der Waals surface area contributed by atoms with Gasteiger partial charge >= 0.3 is 0 Å². The van der Waals surface area contributed by atoms with E-state index in [-0.39, 0.29) is 0 Å². The summed E-state index contributed by atoms with van der Waals surface area (Å²) in [7, 11) is 0. The van der Waals surface area contributed by atoms with Gasteiger partial charge in [-0.3, -0.25) is 4.79 Å². The van der Waals surface area contributed by atoms with E-state index in [9.17, 15) is 4.79 Å². The molecule has 1 unspecified atom stereocenters. The number of carbonyl (C=O) groups excluding carboxylic acids is 1. The Morgan fingerprint density at radius 2 is 1.81 bits per heavy atom. The lowest BCUT2D eigenvalue weighted by Crippen LogP contribution is -2.42. The molecule has 3 saturated carbocycles. The Bertz CT molecular complexity index is 322. The van der Waals surface area contributed by atoms with E-state index in [0.29, 0.717) is 17.2 Å². The predicted octanol–water partition coefficient (Wildman–Crippen LogP) is 2.44. The van der Waals surface area contributed by atoms with Crippen LogP contribution in [0.5, 0.6) is 0 Å². The van der Waals surface area contributed by atoms with E-state index < -0.39 is 0 Å². The van der Waals surface area contributed by atoms with Crippen LogP contribution in [0.3, 0.4) is 0 Å². The number of fused-ring (bicyclic) bond motifs is 2. The molecule has 4 aliphatic rings. The zero-order valence-corrected chi connectivity index (χ0v) is 9.95. The summed E-state index contributed by atoms with van der Waals surface area (Å²) in [5.74, 6) is 2.66. The second-order valence-corrected chi connectivity index (χ2v) is 6.76. The zero-order valence-electron chi connectivity index (χ0n) is 9.95. The van der Waals surface area contributed by atoms with Crippen LogP contribution in [0.4, 0.5) is 0 Å². The van der Waals surface area contributed by atoms with Crippen LogP contribution in [0.2, 0.25) is 0 Å². The number of likely N-dealkylation sites (tertiary alicyclic amines) is 1. The first kappa shape index (κ1) is 9.49. The smallest absolute Gasteiger partial charge is 0.226 e. The highest BCUT2D eigenvalue weighted by atomic mass is 16.2. The van der Waals surface area contributed by atoms with Crippen LogP contribution in [0.1, 0.15) is 44.9 Å². The molecule has 0 aromatic heterocycles. The standard InChI is InChI=1S/C14H21NO/c16-13(12-7-14(12)4-1-5-14)15-8-10-2-3-11(6-10)9-15/h10-12H,1-9H2/t10-,11+,12?. The lowest BCUT2D eigenvalue weighted by Gasteiger charge is -2.34. The Morgan fingerprint density at radius 1 is 1.12 bits per heavy atom. The van der Waals surface area contributed by atoms with Gasteiger partial charge in [0.25, 0.3) is 0 Å². The number of hydrogen-bond acceptors (Lipinski definition) is 1. The molecule has 1 aliphatic heterocycles. The Labute approximate surface area is 97.4 Å². The number of hydrogen-bond donors (Lipinski definition) is 0. The van der Waals surface area contributed by atoms with Crippen molar-refractivity contribution in [3.05, 3.63) is 0 Å². The van der Waals surface area contributed by atoms with Gasteiger partial charge in [-0.2, -0.15) is 0 Å². The Morgan fingerprint density at radius 3 is 2.31 bits per heavy atom. The summed E-state index contributed by atoms with van der Waals surface area (Å²) >= 11 is 0. The highest BCUT2D eigenvalue weighted by molar-refractivity contribution is 5.83. The maximum atomic E-state index is 12.4. The SMILES string of the molecule is O=C(C1CC12CCC2)N1C[C@@H]2CC[C@@H](C2)C1. The summed E-state index contributed by atoms with van der Waals surface area (Å²) < 4.78 is 0. The number of amides is 1. The molecule has 3 atom stereocenters. The molecule has 2 nitrogen and oxygen atoms in total. The van der Waals surface area contributed by atoms with E-state index in [1.54, 1.807) is 0 Å². The molecule has 4 rings (SSSR count). The van der Waals surface area contributed by atoms with Gasteiger partial charge in [-0.25, -0.2) is 0 Å². The van der Waals surface area contributed by atoms with Crippen molar-refractivity contribution in [2.45, 2.75) is 44.9 Å². The van der Waals surface area contributed by atoms with Gasteiger partial charge in [0.05, 0.1) is 0 Å². The maximum absolute atomic E-state index is 12.4. The fraction of sp³-hybridized carbons (Fsp3) is 0.929. The highest BCUT2D eigenvalue weighted by Gasteiger charge is 2.62. The molecule has 1 heterocycles. The van der Waals surface area contributed by atoms with Crippen molar-refractivity contribution in [2.75, 3.05) is 13.1 Å².